The van der Waals surface area contributed by atoms with E-state index in [4.69, 9.17) is 0 Å². The highest BCUT2D eigenvalue weighted by atomic mass is 127. The highest BCUT2D eigenvalue weighted by Gasteiger charge is 2.20. The maximum Gasteiger partial charge on any atom is 0.222 e. The Kier molecular flexibility index (Phi) is 8.76. The summed E-state index contributed by atoms with van der Waals surface area (Å²) in [5, 5.41) is 6.74. The fourth-order valence-corrected chi connectivity index (χ4v) is 3.37. The topological polar surface area (TPSA) is 56.7 Å². The van der Waals surface area contributed by atoms with Gasteiger partial charge in [0.25, 0.3) is 0 Å². The van der Waals surface area contributed by atoms with Crippen LogP contribution < -0.4 is 10.6 Å². The summed E-state index contributed by atoms with van der Waals surface area (Å²) in [5.41, 5.74) is 4.86. The molecule has 0 bridgehead atoms. The standard InChI is InChI=1S/C22H28N4O.HI/c1-17-7-5-8-18(13-17)14-24-22(23-2)25-15-19-9-3-4-10-20(19)16-26-12-6-11-21(26)27;/h3-5,7-10,13H,6,11-12,14-16H2,1-2H3,(H2,23,24,25);1H. The van der Waals surface area contributed by atoms with E-state index in [9.17, 15) is 4.79 Å². The van der Waals surface area contributed by atoms with E-state index < -0.39 is 0 Å². The second-order valence-electron chi connectivity index (χ2n) is 6.96. The van der Waals surface area contributed by atoms with Crippen LogP contribution in [0.25, 0.3) is 0 Å². The second-order valence-corrected chi connectivity index (χ2v) is 6.96. The number of guanidine groups is 1. The Bertz CT molecular complexity index is 822. The van der Waals surface area contributed by atoms with E-state index >= 15 is 0 Å². The van der Waals surface area contributed by atoms with Gasteiger partial charge in [-0.2, -0.15) is 0 Å². The van der Waals surface area contributed by atoms with Crippen LogP contribution in [0.3, 0.4) is 0 Å². The van der Waals surface area contributed by atoms with Crippen molar-refractivity contribution in [2.45, 2.75) is 39.4 Å². The number of aliphatic imine (C=N–C) groups is 1. The number of aryl methyl sites for hydroxylation is 1. The quantitative estimate of drug-likeness (QED) is 0.368. The van der Waals surface area contributed by atoms with E-state index in [1.807, 2.05) is 17.0 Å². The molecule has 2 aromatic rings. The molecule has 1 saturated heterocycles. The van der Waals surface area contributed by atoms with Crippen molar-refractivity contribution < 1.29 is 4.79 Å². The van der Waals surface area contributed by atoms with Gasteiger partial charge in [0.15, 0.2) is 5.96 Å². The summed E-state index contributed by atoms with van der Waals surface area (Å²) in [4.78, 5) is 18.2. The molecule has 1 amide bonds. The van der Waals surface area contributed by atoms with Gasteiger partial charge in [-0.3, -0.25) is 9.79 Å². The predicted octanol–water partition coefficient (Wildman–Crippen LogP) is 3.60. The number of amides is 1. The van der Waals surface area contributed by atoms with Gasteiger partial charge in [-0.15, -0.1) is 24.0 Å². The van der Waals surface area contributed by atoms with Crippen molar-refractivity contribution in [2.75, 3.05) is 13.6 Å². The largest absolute Gasteiger partial charge is 0.352 e. The van der Waals surface area contributed by atoms with Gasteiger partial charge < -0.3 is 15.5 Å². The number of hydrogen-bond donors (Lipinski definition) is 2. The molecular formula is C22H29IN4O. The van der Waals surface area contributed by atoms with E-state index in [0.29, 0.717) is 19.5 Å². The number of likely N-dealkylation sites (tertiary alicyclic amines) is 1. The van der Waals surface area contributed by atoms with Crippen LogP contribution in [0.4, 0.5) is 0 Å². The number of halogens is 1. The molecule has 1 fully saturated rings. The molecule has 0 atom stereocenters. The molecule has 1 heterocycles. The van der Waals surface area contributed by atoms with Gasteiger partial charge in [0.2, 0.25) is 5.91 Å². The van der Waals surface area contributed by atoms with Crippen LogP contribution in [0.5, 0.6) is 0 Å². The first-order valence-corrected chi connectivity index (χ1v) is 9.50. The Morgan fingerprint density at radius 1 is 1.07 bits per heavy atom. The van der Waals surface area contributed by atoms with Gasteiger partial charge in [-0.1, -0.05) is 54.1 Å². The summed E-state index contributed by atoms with van der Waals surface area (Å²) in [6.45, 7) is 5.04. The Morgan fingerprint density at radius 2 is 1.82 bits per heavy atom. The second kappa shape index (κ2) is 11.0. The molecule has 2 N–H and O–H groups in total. The molecule has 0 aromatic heterocycles. The monoisotopic (exact) mass is 492 g/mol. The van der Waals surface area contributed by atoms with E-state index in [2.05, 4.69) is 58.9 Å². The third kappa shape index (κ3) is 6.22. The fraction of sp³-hybridized carbons (Fsp3) is 0.364. The molecule has 1 aliphatic rings. The Balaban J connectivity index is 0.00000280. The van der Waals surface area contributed by atoms with Crippen molar-refractivity contribution in [1.29, 1.82) is 0 Å². The van der Waals surface area contributed by atoms with Crippen LogP contribution >= 0.6 is 24.0 Å². The van der Waals surface area contributed by atoms with Crippen molar-refractivity contribution in [3.05, 3.63) is 70.8 Å². The number of nitrogens with one attached hydrogen (secondary N) is 2. The zero-order valence-electron chi connectivity index (χ0n) is 16.6. The fourth-order valence-electron chi connectivity index (χ4n) is 3.37. The zero-order valence-corrected chi connectivity index (χ0v) is 18.9. The molecule has 0 saturated carbocycles. The van der Waals surface area contributed by atoms with Crippen molar-refractivity contribution >= 4 is 35.8 Å². The van der Waals surface area contributed by atoms with Gasteiger partial charge in [0.05, 0.1) is 0 Å². The minimum Gasteiger partial charge on any atom is -0.352 e. The van der Waals surface area contributed by atoms with Crippen LogP contribution in [-0.2, 0) is 24.4 Å². The van der Waals surface area contributed by atoms with Gasteiger partial charge in [-0.05, 0) is 30.0 Å². The van der Waals surface area contributed by atoms with Gasteiger partial charge in [0, 0.05) is 39.6 Å². The van der Waals surface area contributed by atoms with Crippen molar-refractivity contribution in [3.63, 3.8) is 0 Å². The van der Waals surface area contributed by atoms with Crippen LogP contribution in [0.2, 0.25) is 0 Å². The predicted molar refractivity (Wildman–Crippen MR) is 125 cm³/mol. The number of nitrogens with zero attached hydrogens (tertiary/aromatic N) is 2. The molecule has 5 nitrogen and oxygen atoms in total. The van der Waals surface area contributed by atoms with Gasteiger partial charge in [-0.25, -0.2) is 0 Å². The van der Waals surface area contributed by atoms with Gasteiger partial charge >= 0.3 is 0 Å². The van der Waals surface area contributed by atoms with E-state index in [0.717, 1.165) is 25.5 Å². The minimum atomic E-state index is 0. The van der Waals surface area contributed by atoms with Crippen LogP contribution in [0.15, 0.2) is 53.5 Å². The Hall–Kier alpha value is -2.09. The summed E-state index contributed by atoms with van der Waals surface area (Å²) in [6.07, 6.45) is 1.64. The van der Waals surface area contributed by atoms with E-state index in [-0.39, 0.29) is 29.9 Å². The molecule has 0 aliphatic carbocycles. The van der Waals surface area contributed by atoms with Crippen molar-refractivity contribution in [2.24, 2.45) is 4.99 Å². The third-order valence-corrected chi connectivity index (χ3v) is 4.86. The molecule has 0 unspecified atom stereocenters. The first kappa shape index (κ1) is 22.2. The number of hydrogen-bond acceptors (Lipinski definition) is 2. The molecule has 0 spiro atoms. The van der Waals surface area contributed by atoms with E-state index in [1.165, 1.54) is 22.3 Å². The van der Waals surface area contributed by atoms with Crippen molar-refractivity contribution in [3.8, 4) is 0 Å². The first-order valence-electron chi connectivity index (χ1n) is 9.50. The first-order chi connectivity index (χ1) is 13.2. The van der Waals surface area contributed by atoms with Crippen LogP contribution in [0.1, 0.15) is 35.1 Å². The van der Waals surface area contributed by atoms with Crippen LogP contribution in [0, 0.1) is 6.92 Å². The molecule has 3 rings (SSSR count). The Labute approximate surface area is 184 Å². The minimum absolute atomic E-state index is 0. The summed E-state index contributed by atoms with van der Waals surface area (Å²) >= 11 is 0. The lowest BCUT2D eigenvalue weighted by Crippen LogP contribution is -2.36. The molecular weight excluding hydrogens is 463 g/mol. The molecule has 6 heteroatoms. The zero-order chi connectivity index (χ0) is 19.1. The normalized spacial score (nSPS) is 14.0. The van der Waals surface area contributed by atoms with Gasteiger partial charge in [0.1, 0.15) is 0 Å². The molecule has 1 aliphatic heterocycles. The number of carbonyl (C=O) groups excluding carboxylic acids is 1. The average Bonchev–Trinajstić information content (AvgIpc) is 3.08. The SMILES string of the molecule is CN=C(NCc1cccc(C)c1)NCc1ccccc1CN1CCCC1=O.I. The maximum absolute atomic E-state index is 11.9. The van der Waals surface area contributed by atoms with E-state index in [1.54, 1.807) is 7.05 Å². The molecule has 2 aromatic carbocycles. The summed E-state index contributed by atoms with van der Waals surface area (Å²) in [6, 6.07) is 16.7. The third-order valence-electron chi connectivity index (χ3n) is 4.86. The lowest BCUT2D eigenvalue weighted by molar-refractivity contribution is -0.128. The van der Waals surface area contributed by atoms with Crippen LogP contribution in [-0.4, -0.2) is 30.4 Å². The summed E-state index contributed by atoms with van der Waals surface area (Å²) in [5.74, 6) is 1.02. The average molecular weight is 492 g/mol. The lowest BCUT2D eigenvalue weighted by atomic mass is 10.1. The number of benzene rings is 2. The maximum atomic E-state index is 11.9. The highest BCUT2D eigenvalue weighted by molar-refractivity contribution is 14.0. The molecule has 28 heavy (non-hydrogen) atoms. The summed E-state index contributed by atoms with van der Waals surface area (Å²) < 4.78 is 0. The lowest BCUT2D eigenvalue weighted by Gasteiger charge is -2.19. The highest BCUT2D eigenvalue weighted by Crippen LogP contribution is 2.17. The smallest absolute Gasteiger partial charge is 0.222 e. The molecule has 150 valence electrons. The van der Waals surface area contributed by atoms with Crippen molar-refractivity contribution in [1.82, 2.24) is 15.5 Å². The Morgan fingerprint density at radius 3 is 2.50 bits per heavy atom. The molecule has 0 radical (unpaired) electrons. The number of carbonyl (C=O) groups is 1. The number of rotatable bonds is 6. The summed E-state index contributed by atoms with van der Waals surface area (Å²) in [7, 11) is 1.78.